The standard InChI is InChI=1S/C21H19Cl2N3O4S/c1-30-18-5-3-2-4-13(18)10-20-24-17-8-9-26(12-15(17)21(27)25-20)31(28,29)19-11-14(22)6-7-16(19)23/h2-7,11H,8-10,12H2,1H3,(H,24,25,27). The SMILES string of the molecule is COc1ccccc1Cc1nc2c(c(=O)[nH]1)CN(S(=O)(=O)c1cc(Cl)ccc1Cl)CC2. The molecular formula is C21H19Cl2N3O4S. The number of ether oxygens (including phenoxy) is 1. The zero-order valence-corrected chi connectivity index (χ0v) is 18.9. The largest absolute Gasteiger partial charge is 0.496 e. The number of nitrogens with one attached hydrogen (secondary N) is 1. The molecule has 0 spiro atoms. The number of nitrogens with zero attached hydrogens (tertiary/aromatic N) is 2. The van der Waals surface area contributed by atoms with Crippen molar-refractivity contribution in [3.63, 3.8) is 0 Å². The smallest absolute Gasteiger partial charge is 0.255 e. The molecule has 0 radical (unpaired) electrons. The van der Waals surface area contributed by atoms with E-state index in [4.69, 9.17) is 27.9 Å². The average molecular weight is 480 g/mol. The molecule has 0 saturated heterocycles. The number of sulfonamides is 1. The van der Waals surface area contributed by atoms with Crippen LogP contribution in [-0.2, 0) is 29.4 Å². The molecule has 0 aliphatic carbocycles. The summed E-state index contributed by atoms with van der Waals surface area (Å²) in [6.07, 6.45) is 0.711. The molecule has 0 bridgehead atoms. The predicted molar refractivity (Wildman–Crippen MR) is 118 cm³/mol. The summed E-state index contributed by atoms with van der Waals surface area (Å²) < 4.78 is 32.8. The number of benzene rings is 2. The van der Waals surface area contributed by atoms with Gasteiger partial charge in [-0.1, -0.05) is 41.4 Å². The van der Waals surface area contributed by atoms with Crippen molar-refractivity contribution < 1.29 is 13.2 Å². The van der Waals surface area contributed by atoms with Crippen LogP contribution in [0.3, 0.4) is 0 Å². The summed E-state index contributed by atoms with van der Waals surface area (Å²) >= 11 is 12.1. The first kappa shape index (κ1) is 21.8. The monoisotopic (exact) mass is 479 g/mol. The van der Waals surface area contributed by atoms with Gasteiger partial charge in [0.2, 0.25) is 10.0 Å². The molecule has 1 aliphatic heterocycles. The fourth-order valence-corrected chi connectivity index (χ4v) is 5.73. The van der Waals surface area contributed by atoms with Crippen molar-refractivity contribution in [1.29, 1.82) is 0 Å². The van der Waals surface area contributed by atoms with Gasteiger partial charge in [0.25, 0.3) is 5.56 Å². The predicted octanol–water partition coefficient (Wildman–Crippen LogP) is 3.42. The van der Waals surface area contributed by atoms with Gasteiger partial charge in [-0.2, -0.15) is 4.31 Å². The summed E-state index contributed by atoms with van der Waals surface area (Å²) in [6.45, 7) is 0.0977. The quantitative estimate of drug-likeness (QED) is 0.604. The van der Waals surface area contributed by atoms with Crippen molar-refractivity contribution in [2.75, 3.05) is 13.7 Å². The van der Waals surface area contributed by atoms with E-state index in [1.165, 1.54) is 22.5 Å². The summed E-state index contributed by atoms with van der Waals surface area (Å²) in [5.74, 6) is 1.21. The third-order valence-electron chi connectivity index (χ3n) is 5.14. The van der Waals surface area contributed by atoms with E-state index in [0.29, 0.717) is 35.7 Å². The van der Waals surface area contributed by atoms with Crippen molar-refractivity contribution in [1.82, 2.24) is 14.3 Å². The van der Waals surface area contributed by atoms with Gasteiger partial charge in [-0.3, -0.25) is 4.79 Å². The van der Waals surface area contributed by atoms with Crippen LogP contribution in [0.4, 0.5) is 0 Å². The van der Waals surface area contributed by atoms with Crippen molar-refractivity contribution in [3.05, 3.63) is 85.5 Å². The number of halogens is 2. The molecule has 10 heteroatoms. The number of methoxy groups -OCH3 is 1. The topological polar surface area (TPSA) is 92.4 Å². The molecule has 0 saturated carbocycles. The van der Waals surface area contributed by atoms with Crippen LogP contribution in [0.15, 0.2) is 52.2 Å². The molecule has 3 aromatic rings. The highest BCUT2D eigenvalue weighted by Crippen LogP contribution is 2.30. The summed E-state index contributed by atoms with van der Waals surface area (Å²) in [4.78, 5) is 20.0. The highest BCUT2D eigenvalue weighted by Gasteiger charge is 2.32. The van der Waals surface area contributed by atoms with E-state index in [0.717, 1.165) is 5.56 Å². The summed E-state index contributed by atoms with van der Waals surface area (Å²) in [5, 5.41) is 0.343. The summed E-state index contributed by atoms with van der Waals surface area (Å²) in [6, 6.07) is 11.8. The van der Waals surface area contributed by atoms with Crippen molar-refractivity contribution >= 4 is 33.2 Å². The third-order valence-corrected chi connectivity index (χ3v) is 7.71. The lowest BCUT2D eigenvalue weighted by Gasteiger charge is -2.27. The Bertz CT molecular complexity index is 1310. The Kier molecular flexibility index (Phi) is 6.07. The molecule has 4 rings (SSSR count). The Balaban J connectivity index is 1.63. The number of hydrogen-bond acceptors (Lipinski definition) is 5. The van der Waals surface area contributed by atoms with Gasteiger partial charge < -0.3 is 9.72 Å². The number of fused-ring (bicyclic) bond motifs is 1. The maximum Gasteiger partial charge on any atom is 0.255 e. The van der Waals surface area contributed by atoms with Crippen LogP contribution < -0.4 is 10.3 Å². The molecule has 162 valence electrons. The fraction of sp³-hybridized carbons (Fsp3) is 0.238. The van der Waals surface area contributed by atoms with Crippen LogP contribution in [0.5, 0.6) is 5.75 Å². The van der Waals surface area contributed by atoms with Crippen molar-refractivity contribution in [3.8, 4) is 5.75 Å². The molecule has 0 fully saturated rings. The molecule has 0 unspecified atom stereocenters. The zero-order valence-electron chi connectivity index (χ0n) is 16.6. The van der Waals surface area contributed by atoms with Crippen LogP contribution >= 0.6 is 23.2 Å². The number of para-hydroxylation sites is 1. The average Bonchev–Trinajstić information content (AvgIpc) is 2.75. The van der Waals surface area contributed by atoms with E-state index in [1.807, 2.05) is 24.3 Å². The Morgan fingerprint density at radius 2 is 1.97 bits per heavy atom. The normalized spacial score (nSPS) is 14.3. The van der Waals surface area contributed by atoms with Gasteiger partial charge in [-0.05, 0) is 24.3 Å². The third kappa shape index (κ3) is 4.34. The van der Waals surface area contributed by atoms with Gasteiger partial charge in [0, 0.05) is 36.5 Å². The van der Waals surface area contributed by atoms with Crippen LogP contribution in [0.25, 0.3) is 0 Å². The van der Waals surface area contributed by atoms with E-state index in [-0.39, 0.29) is 33.6 Å². The molecule has 7 nitrogen and oxygen atoms in total. The molecule has 1 aliphatic rings. The van der Waals surface area contributed by atoms with Crippen LogP contribution in [0.2, 0.25) is 10.0 Å². The molecule has 2 aromatic carbocycles. The first-order chi connectivity index (χ1) is 14.8. The Morgan fingerprint density at radius 1 is 1.19 bits per heavy atom. The van der Waals surface area contributed by atoms with Crippen LogP contribution in [0.1, 0.15) is 22.6 Å². The molecule has 1 N–H and O–H groups in total. The number of hydrogen-bond donors (Lipinski definition) is 1. The Labute approximate surface area is 189 Å². The van der Waals surface area contributed by atoms with E-state index < -0.39 is 10.0 Å². The van der Waals surface area contributed by atoms with Crippen molar-refractivity contribution in [2.45, 2.75) is 24.3 Å². The second-order valence-electron chi connectivity index (χ2n) is 7.09. The molecule has 2 heterocycles. The van der Waals surface area contributed by atoms with Gasteiger partial charge in [-0.15, -0.1) is 0 Å². The minimum atomic E-state index is -3.92. The lowest BCUT2D eigenvalue weighted by atomic mass is 10.1. The molecular weight excluding hydrogens is 461 g/mol. The molecule has 1 aromatic heterocycles. The summed E-state index contributed by atoms with van der Waals surface area (Å²) in [7, 11) is -2.34. The first-order valence-electron chi connectivity index (χ1n) is 9.47. The van der Waals surface area contributed by atoms with Crippen LogP contribution in [0, 0.1) is 0 Å². The molecule has 31 heavy (non-hydrogen) atoms. The number of H-pyrrole nitrogens is 1. The maximum absolute atomic E-state index is 13.1. The van der Waals surface area contributed by atoms with Crippen LogP contribution in [-0.4, -0.2) is 36.3 Å². The zero-order chi connectivity index (χ0) is 22.2. The minimum Gasteiger partial charge on any atom is -0.496 e. The Hall–Kier alpha value is -2.39. The van der Waals surface area contributed by atoms with Gasteiger partial charge in [0.15, 0.2) is 0 Å². The van der Waals surface area contributed by atoms with Gasteiger partial charge >= 0.3 is 0 Å². The second kappa shape index (κ2) is 8.63. The van der Waals surface area contributed by atoms with Gasteiger partial charge in [-0.25, -0.2) is 13.4 Å². The van der Waals surface area contributed by atoms with Gasteiger partial charge in [0.05, 0.1) is 23.4 Å². The highest BCUT2D eigenvalue weighted by molar-refractivity contribution is 7.89. The Morgan fingerprint density at radius 3 is 2.74 bits per heavy atom. The lowest BCUT2D eigenvalue weighted by molar-refractivity contribution is 0.384. The first-order valence-corrected chi connectivity index (χ1v) is 11.7. The number of rotatable bonds is 5. The van der Waals surface area contributed by atoms with E-state index >= 15 is 0 Å². The second-order valence-corrected chi connectivity index (χ2v) is 9.84. The molecule has 0 atom stereocenters. The fourth-order valence-electron chi connectivity index (χ4n) is 3.58. The highest BCUT2D eigenvalue weighted by atomic mass is 35.5. The van der Waals surface area contributed by atoms with E-state index in [1.54, 1.807) is 7.11 Å². The van der Waals surface area contributed by atoms with Crippen molar-refractivity contribution in [2.24, 2.45) is 0 Å². The minimum absolute atomic E-state index is 0.0781. The lowest BCUT2D eigenvalue weighted by Crippen LogP contribution is -2.39. The van der Waals surface area contributed by atoms with Gasteiger partial charge in [0.1, 0.15) is 16.5 Å². The summed E-state index contributed by atoms with van der Waals surface area (Å²) in [5.41, 5.74) is 1.46. The van der Waals surface area contributed by atoms with E-state index in [2.05, 4.69) is 9.97 Å². The maximum atomic E-state index is 13.1. The van der Waals surface area contributed by atoms with E-state index in [9.17, 15) is 13.2 Å². The number of aromatic amines is 1. The number of aromatic nitrogens is 2. The molecule has 0 amide bonds.